The average Bonchev–Trinajstić information content (AvgIpc) is 2.41. The van der Waals surface area contributed by atoms with Gasteiger partial charge in [0.05, 0.1) is 11.6 Å². The molecule has 3 heteroatoms. The quantitative estimate of drug-likeness (QED) is 0.760. The molecule has 2 atom stereocenters. The maximum Gasteiger partial charge on any atom is 0.253 e. The first-order valence-corrected chi connectivity index (χ1v) is 6.41. The van der Waals surface area contributed by atoms with Crippen molar-refractivity contribution in [3.63, 3.8) is 0 Å². The van der Waals surface area contributed by atoms with Crippen molar-refractivity contribution in [2.45, 2.75) is 20.3 Å². The average molecular weight is 242 g/mol. The number of carbonyl (C=O) groups is 1. The second-order valence-corrected chi connectivity index (χ2v) is 5.19. The maximum atomic E-state index is 12.3. The molecular weight excluding hydrogens is 224 g/mol. The smallest absolute Gasteiger partial charge is 0.253 e. The third kappa shape index (κ3) is 2.53. The molecule has 1 aromatic carbocycles. The van der Waals surface area contributed by atoms with Gasteiger partial charge in [-0.1, -0.05) is 19.9 Å². The number of nitriles is 1. The largest absolute Gasteiger partial charge is 0.338 e. The number of carbonyl (C=O) groups excluding carboxylic acids is 1. The number of benzene rings is 1. The standard InChI is InChI=1S/C15H18N2O/c1-11-6-7-17(10-12(11)2)15(18)14-5-3-4-13(8-14)9-16/h3-5,8,11-12H,6-7,10H2,1-2H3. The van der Waals surface area contributed by atoms with Crippen molar-refractivity contribution >= 4 is 5.91 Å². The van der Waals surface area contributed by atoms with Gasteiger partial charge in [-0.25, -0.2) is 0 Å². The second kappa shape index (κ2) is 5.22. The number of likely N-dealkylation sites (tertiary alicyclic amines) is 1. The van der Waals surface area contributed by atoms with E-state index in [1.807, 2.05) is 4.90 Å². The lowest BCUT2D eigenvalue weighted by atomic mass is 9.88. The van der Waals surface area contributed by atoms with Crippen LogP contribution in [-0.4, -0.2) is 23.9 Å². The summed E-state index contributed by atoms with van der Waals surface area (Å²) in [6.07, 6.45) is 1.06. The van der Waals surface area contributed by atoms with Gasteiger partial charge in [0.15, 0.2) is 0 Å². The molecule has 0 N–H and O–H groups in total. The van der Waals surface area contributed by atoms with Crippen LogP contribution in [0.5, 0.6) is 0 Å². The molecule has 1 aliphatic heterocycles. The highest BCUT2D eigenvalue weighted by Gasteiger charge is 2.26. The fraction of sp³-hybridized carbons (Fsp3) is 0.467. The molecule has 0 radical (unpaired) electrons. The summed E-state index contributed by atoms with van der Waals surface area (Å²) in [4.78, 5) is 14.2. The zero-order valence-corrected chi connectivity index (χ0v) is 10.9. The molecule has 1 heterocycles. The Balaban J connectivity index is 2.14. The summed E-state index contributed by atoms with van der Waals surface area (Å²) in [6.45, 7) is 6.07. The van der Waals surface area contributed by atoms with E-state index in [1.54, 1.807) is 24.3 Å². The minimum atomic E-state index is 0.0471. The predicted octanol–water partition coefficient (Wildman–Crippen LogP) is 2.68. The number of amides is 1. The lowest BCUT2D eigenvalue weighted by molar-refractivity contribution is 0.0627. The Morgan fingerprint density at radius 1 is 1.39 bits per heavy atom. The van der Waals surface area contributed by atoms with Gasteiger partial charge in [-0.3, -0.25) is 4.79 Å². The summed E-state index contributed by atoms with van der Waals surface area (Å²) in [6, 6.07) is 9.01. The van der Waals surface area contributed by atoms with Crippen molar-refractivity contribution in [2.24, 2.45) is 11.8 Å². The van der Waals surface area contributed by atoms with E-state index in [-0.39, 0.29) is 5.91 Å². The van der Waals surface area contributed by atoms with Gasteiger partial charge in [0, 0.05) is 18.7 Å². The van der Waals surface area contributed by atoms with Gasteiger partial charge in [0.25, 0.3) is 5.91 Å². The lowest BCUT2D eigenvalue weighted by Crippen LogP contribution is -2.42. The number of piperidine rings is 1. The first-order valence-electron chi connectivity index (χ1n) is 6.41. The van der Waals surface area contributed by atoms with Crippen molar-refractivity contribution < 1.29 is 4.79 Å². The van der Waals surface area contributed by atoms with Crippen LogP contribution in [0.15, 0.2) is 24.3 Å². The third-order valence-corrected chi connectivity index (χ3v) is 3.86. The SMILES string of the molecule is CC1CCN(C(=O)c2cccc(C#N)c2)CC1C. The Morgan fingerprint density at radius 2 is 2.17 bits per heavy atom. The number of hydrogen-bond donors (Lipinski definition) is 0. The summed E-state index contributed by atoms with van der Waals surface area (Å²) in [5.74, 6) is 1.27. The summed E-state index contributed by atoms with van der Waals surface area (Å²) in [7, 11) is 0. The molecule has 2 unspecified atom stereocenters. The van der Waals surface area contributed by atoms with Crippen molar-refractivity contribution in [3.8, 4) is 6.07 Å². The van der Waals surface area contributed by atoms with Gasteiger partial charge in [-0.15, -0.1) is 0 Å². The van der Waals surface area contributed by atoms with Crippen molar-refractivity contribution in [2.75, 3.05) is 13.1 Å². The van der Waals surface area contributed by atoms with Gasteiger partial charge < -0.3 is 4.90 Å². The van der Waals surface area contributed by atoms with Crippen molar-refractivity contribution in [3.05, 3.63) is 35.4 Å². The van der Waals surface area contributed by atoms with Crippen LogP contribution in [0.3, 0.4) is 0 Å². The zero-order valence-electron chi connectivity index (χ0n) is 10.9. The summed E-state index contributed by atoms with van der Waals surface area (Å²) in [5, 5.41) is 8.86. The van der Waals surface area contributed by atoms with E-state index in [4.69, 9.17) is 5.26 Å². The number of rotatable bonds is 1. The highest BCUT2D eigenvalue weighted by molar-refractivity contribution is 5.94. The summed E-state index contributed by atoms with van der Waals surface area (Å²) < 4.78 is 0. The highest BCUT2D eigenvalue weighted by Crippen LogP contribution is 2.23. The van der Waals surface area contributed by atoms with E-state index in [9.17, 15) is 4.79 Å². The Morgan fingerprint density at radius 3 is 2.83 bits per heavy atom. The molecule has 0 bridgehead atoms. The molecule has 1 aromatic rings. The van der Waals surface area contributed by atoms with Gasteiger partial charge in [-0.2, -0.15) is 5.26 Å². The van der Waals surface area contributed by atoms with E-state index in [1.165, 1.54) is 0 Å². The van der Waals surface area contributed by atoms with Crippen LogP contribution < -0.4 is 0 Å². The van der Waals surface area contributed by atoms with E-state index >= 15 is 0 Å². The van der Waals surface area contributed by atoms with E-state index in [0.29, 0.717) is 23.0 Å². The number of nitrogens with zero attached hydrogens (tertiary/aromatic N) is 2. The lowest BCUT2D eigenvalue weighted by Gasteiger charge is -2.35. The van der Waals surface area contributed by atoms with Crippen LogP contribution >= 0.6 is 0 Å². The molecule has 0 aliphatic carbocycles. The zero-order chi connectivity index (χ0) is 13.1. The first kappa shape index (κ1) is 12.6. The molecule has 0 saturated carbocycles. The molecule has 18 heavy (non-hydrogen) atoms. The fourth-order valence-corrected chi connectivity index (χ4v) is 2.35. The minimum absolute atomic E-state index is 0.0471. The molecule has 1 fully saturated rings. The van der Waals surface area contributed by atoms with Crippen molar-refractivity contribution in [1.29, 1.82) is 5.26 Å². The van der Waals surface area contributed by atoms with Crippen LogP contribution in [0.2, 0.25) is 0 Å². The van der Waals surface area contributed by atoms with Crippen LogP contribution in [0, 0.1) is 23.2 Å². The van der Waals surface area contributed by atoms with E-state index in [0.717, 1.165) is 19.5 Å². The monoisotopic (exact) mass is 242 g/mol. The Hall–Kier alpha value is -1.82. The first-order chi connectivity index (χ1) is 8.61. The normalized spacial score (nSPS) is 23.5. The molecule has 94 valence electrons. The molecule has 3 nitrogen and oxygen atoms in total. The van der Waals surface area contributed by atoms with Crippen molar-refractivity contribution in [1.82, 2.24) is 4.90 Å². The second-order valence-electron chi connectivity index (χ2n) is 5.19. The fourth-order valence-electron chi connectivity index (χ4n) is 2.35. The Bertz CT molecular complexity index is 490. The molecule has 0 spiro atoms. The van der Waals surface area contributed by atoms with Gasteiger partial charge >= 0.3 is 0 Å². The van der Waals surface area contributed by atoms with E-state index < -0.39 is 0 Å². The van der Waals surface area contributed by atoms with E-state index in [2.05, 4.69) is 19.9 Å². The van der Waals surface area contributed by atoms with Crippen LogP contribution in [-0.2, 0) is 0 Å². The van der Waals surface area contributed by atoms with Gasteiger partial charge in [0.2, 0.25) is 0 Å². The molecule has 1 aliphatic rings. The topological polar surface area (TPSA) is 44.1 Å². The molecule has 2 rings (SSSR count). The van der Waals surface area contributed by atoms with Crippen LogP contribution in [0.4, 0.5) is 0 Å². The highest BCUT2D eigenvalue weighted by atomic mass is 16.2. The molecule has 0 aromatic heterocycles. The third-order valence-electron chi connectivity index (χ3n) is 3.86. The van der Waals surface area contributed by atoms with Gasteiger partial charge in [-0.05, 0) is 36.5 Å². The Kier molecular flexibility index (Phi) is 3.66. The predicted molar refractivity (Wildman–Crippen MR) is 70.0 cm³/mol. The minimum Gasteiger partial charge on any atom is -0.338 e. The Labute approximate surface area is 108 Å². The number of hydrogen-bond acceptors (Lipinski definition) is 2. The molecule has 1 saturated heterocycles. The summed E-state index contributed by atoms with van der Waals surface area (Å²) in [5.41, 5.74) is 1.16. The van der Waals surface area contributed by atoms with Crippen LogP contribution in [0.1, 0.15) is 36.2 Å². The van der Waals surface area contributed by atoms with Crippen LogP contribution in [0.25, 0.3) is 0 Å². The van der Waals surface area contributed by atoms with Gasteiger partial charge in [0.1, 0.15) is 0 Å². The summed E-state index contributed by atoms with van der Waals surface area (Å²) >= 11 is 0. The molecular formula is C15H18N2O. The molecule has 1 amide bonds. The maximum absolute atomic E-state index is 12.3.